The Labute approximate surface area is 121 Å². The van der Waals surface area contributed by atoms with E-state index >= 15 is 0 Å². The van der Waals surface area contributed by atoms with Gasteiger partial charge in [-0.3, -0.25) is 0 Å². The van der Waals surface area contributed by atoms with Gasteiger partial charge in [0, 0.05) is 6.54 Å². The molecule has 0 saturated heterocycles. The maximum atomic E-state index is 13.4. The van der Waals surface area contributed by atoms with E-state index in [9.17, 15) is 18.0 Å². The average molecular weight is 298 g/mol. The molecule has 0 aliphatic heterocycles. The van der Waals surface area contributed by atoms with E-state index in [4.69, 9.17) is 0 Å². The predicted octanol–water partition coefficient (Wildman–Crippen LogP) is 4.12. The average Bonchev–Trinajstić information content (AvgIpc) is 2.49. The van der Waals surface area contributed by atoms with Crippen LogP contribution in [0.15, 0.2) is 23.8 Å². The van der Waals surface area contributed by atoms with Gasteiger partial charge in [-0.15, -0.1) is 0 Å². The number of halogens is 3. The number of urea groups is 1. The Hall–Kier alpha value is -1.98. The highest BCUT2D eigenvalue weighted by Crippen LogP contribution is 2.20. The van der Waals surface area contributed by atoms with E-state index < -0.39 is 23.5 Å². The van der Waals surface area contributed by atoms with Crippen LogP contribution in [0.5, 0.6) is 0 Å². The van der Waals surface area contributed by atoms with Crippen molar-refractivity contribution in [1.29, 1.82) is 0 Å². The zero-order valence-corrected chi connectivity index (χ0v) is 11.5. The number of amides is 2. The summed E-state index contributed by atoms with van der Waals surface area (Å²) in [6, 6.07) is 1.11. The van der Waals surface area contributed by atoms with Crippen molar-refractivity contribution in [2.24, 2.45) is 0 Å². The number of benzene rings is 1. The molecule has 0 saturated carbocycles. The van der Waals surface area contributed by atoms with Gasteiger partial charge in [0.25, 0.3) is 0 Å². The van der Waals surface area contributed by atoms with E-state index in [2.05, 4.69) is 16.7 Å². The van der Waals surface area contributed by atoms with Crippen molar-refractivity contribution in [2.75, 3.05) is 11.9 Å². The van der Waals surface area contributed by atoms with Crippen molar-refractivity contribution >= 4 is 11.7 Å². The zero-order chi connectivity index (χ0) is 15.2. The molecule has 0 aromatic heterocycles. The van der Waals surface area contributed by atoms with Crippen LogP contribution in [0.2, 0.25) is 0 Å². The second-order valence-electron chi connectivity index (χ2n) is 4.96. The minimum Gasteiger partial charge on any atom is -0.338 e. The van der Waals surface area contributed by atoms with Crippen LogP contribution in [-0.4, -0.2) is 12.6 Å². The molecule has 1 aliphatic rings. The summed E-state index contributed by atoms with van der Waals surface area (Å²) in [4.78, 5) is 11.6. The third kappa shape index (κ3) is 4.24. The van der Waals surface area contributed by atoms with E-state index in [-0.39, 0.29) is 5.69 Å². The van der Waals surface area contributed by atoms with Crippen LogP contribution in [0, 0.1) is 17.5 Å². The Kier molecular flexibility index (Phi) is 5.25. The van der Waals surface area contributed by atoms with Crippen LogP contribution >= 0.6 is 0 Å². The molecule has 2 amide bonds. The van der Waals surface area contributed by atoms with Gasteiger partial charge in [0.2, 0.25) is 0 Å². The molecule has 3 nitrogen and oxygen atoms in total. The molecule has 114 valence electrons. The Bertz CT molecular complexity index is 558. The summed E-state index contributed by atoms with van der Waals surface area (Å²) in [5.74, 6) is -4.29. The molecular weight excluding hydrogens is 281 g/mol. The van der Waals surface area contributed by atoms with Crippen molar-refractivity contribution in [1.82, 2.24) is 5.32 Å². The number of hydrogen-bond donors (Lipinski definition) is 2. The summed E-state index contributed by atoms with van der Waals surface area (Å²) in [5.41, 5.74) is 0.920. The number of rotatable bonds is 4. The third-order valence-corrected chi connectivity index (χ3v) is 3.40. The monoisotopic (exact) mass is 298 g/mol. The Morgan fingerprint density at radius 3 is 2.67 bits per heavy atom. The summed E-state index contributed by atoms with van der Waals surface area (Å²) < 4.78 is 39.1. The maximum Gasteiger partial charge on any atom is 0.319 e. The maximum absolute atomic E-state index is 13.4. The Morgan fingerprint density at radius 1 is 1.14 bits per heavy atom. The molecular formula is C15H17F3N2O. The second-order valence-corrected chi connectivity index (χ2v) is 4.96. The molecule has 0 spiro atoms. The number of hydrogen-bond acceptors (Lipinski definition) is 1. The molecule has 2 N–H and O–H groups in total. The second kappa shape index (κ2) is 7.15. The van der Waals surface area contributed by atoms with E-state index in [0.29, 0.717) is 6.54 Å². The number of carbonyl (C=O) groups is 1. The number of anilines is 1. The molecule has 0 heterocycles. The number of allylic oxidation sites excluding steroid dienone is 1. The lowest BCUT2D eigenvalue weighted by molar-refractivity contribution is 0.252. The summed E-state index contributed by atoms with van der Waals surface area (Å²) in [6.45, 7) is 0.420. The quantitative estimate of drug-likeness (QED) is 0.637. The SMILES string of the molecule is O=C(NCCC1=CCCCC1)Nc1ccc(F)c(F)c1F. The van der Waals surface area contributed by atoms with Crippen molar-refractivity contribution in [3.05, 3.63) is 41.2 Å². The molecule has 1 aromatic carbocycles. The number of nitrogens with one attached hydrogen (secondary N) is 2. The van der Waals surface area contributed by atoms with Crippen molar-refractivity contribution < 1.29 is 18.0 Å². The van der Waals surface area contributed by atoms with Gasteiger partial charge >= 0.3 is 6.03 Å². The van der Waals surface area contributed by atoms with Gasteiger partial charge in [-0.2, -0.15) is 0 Å². The zero-order valence-electron chi connectivity index (χ0n) is 11.5. The highest BCUT2D eigenvalue weighted by molar-refractivity contribution is 5.89. The van der Waals surface area contributed by atoms with E-state index in [1.165, 1.54) is 12.0 Å². The lowest BCUT2D eigenvalue weighted by Gasteiger charge is -2.13. The van der Waals surface area contributed by atoms with E-state index in [1.807, 2.05) is 0 Å². The van der Waals surface area contributed by atoms with Crippen LogP contribution in [0.4, 0.5) is 23.7 Å². The summed E-state index contributed by atoms with van der Waals surface area (Å²) in [7, 11) is 0. The van der Waals surface area contributed by atoms with Crippen LogP contribution in [0.3, 0.4) is 0 Å². The lowest BCUT2D eigenvalue weighted by Crippen LogP contribution is -2.30. The van der Waals surface area contributed by atoms with Gasteiger partial charge in [-0.25, -0.2) is 18.0 Å². The first-order valence-electron chi connectivity index (χ1n) is 6.94. The first-order valence-corrected chi connectivity index (χ1v) is 6.94. The van der Waals surface area contributed by atoms with Crippen LogP contribution < -0.4 is 10.6 Å². The minimum atomic E-state index is -1.60. The molecule has 2 rings (SSSR count). The van der Waals surface area contributed by atoms with Gasteiger partial charge in [0.05, 0.1) is 5.69 Å². The summed E-state index contributed by atoms with van der Waals surface area (Å²) in [5, 5.41) is 4.73. The van der Waals surface area contributed by atoms with E-state index in [1.54, 1.807) is 0 Å². The molecule has 21 heavy (non-hydrogen) atoms. The largest absolute Gasteiger partial charge is 0.338 e. The van der Waals surface area contributed by atoms with Gasteiger partial charge in [-0.05, 0) is 44.2 Å². The van der Waals surface area contributed by atoms with Crippen LogP contribution in [0.25, 0.3) is 0 Å². The van der Waals surface area contributed by atoms with E-state index in [0.717, 1.165) is 37.8 Å². The molecule has 0 bridgehead atoms. The molecule has 0 atom stereocenters. The first kappa shape index (κ1) is 15.4. The van der Waals surface area contributed by atoms with Crippen molar-refractivity contribution in [3.8, 4) is 0 Å². The molecule has 6 heteroatoms. The highest BCUT2D eigenvalue weighted by atomic mass is 19.2. The summed E-state index contributed by atoms with van der Waals surface area (Å²) >= 11 is 0. The first-order chi connectivity index (χ1) is 10.1. The van der Waals surface area contributed by atoms with Gasteiger partial charge in [0.15, 0.2) is 17.5 Å². The molecule has 1 aromatic rings. The normalized spacial score (nSPS) is 14.5. The fraction of sp³-hybridized carbons (Fsp3) is 0.400. The molecule has 0 radical (unpaired) electrons. The minimum absolute atomic E-state index is 0.386. The number of carbonyl (C=O) groups excluding carboxylic acids is 1. The predicted molar refractivity (Wildman–Crippen MR) is 74.5 cm³/mol. The molecule has 0 unspecified atom stereocenters. The Balaban J connectivity index is 1.82. The van der Waals surface area contributed by atoms with Crippen LogP contribution in [0.1, 0.15) is 32.1 Å². The van der Waals surface area contributed by atoms with Gasteiger partial charge < -0.3 is 10.6 Å². The smallest absolute Gasteiger partial charge is 0.319 e. The third-order valence-electron chi connectivity index (χ3n) is 3.40. The lowest BCUT2D eigenvalue weighted by atomic mass is 9.97. The summed E-state index contributed by atoms with van der Waals surface area (Å²) in [6.07, 6.45) is 7.40. The van der Waals surface area contributed by atoms with Crippen molar-refractivity contribution in [2.45, 2.75) is 32.1 Å². The molecule has 1 aliphatic carbocycles. The fourth-order valence-electron chi connectivity index (χ4n) is 2.26. The van der Waals surface area contributed by atoms with Crippen molar-refractivity contribution in [3.63, 3.8) is 0 Å². The molecule has 0 fully saturated rings. The Morgan fingerprint density at radius 2 is 1.95 bits per heavy atom. The fourth-order valence-corrected chi connectivity index (χ4v) is 2.26. The topological polar surface area (TPSA) is 41.1 Å². The van der Waals surface area contributed by atoms with Gasteiger partial charge in [-0.1, -0.05) is 11.6 Å². The highest BCUT2D eigenvalue weighted by Gasteiger charge is 2.15. The standard InChI is InChI=1S/C15H17F3N2O/c16-11-6-7-12(14(18)13(11)17)20-15(21)19-9-8-10-4-2-1-3-5-10/h4,6-7H,1-3,5,8-9H2,(H2,19,20,21). The van der Waals surface area contributed by atoms with Crippen LogP contribution in [-0.2, 0) is 0 Å². The van der Waals surface area contributed by atoms with Gasteiger partial charge in [0.1, 0.15) is 0 Å².